The predicted octanol–water partition coefficient (Wildman–Crippen LogP) is 1.38. The van der Waals surface area contributed by atoms with Gasteiger partial charge in [0.05, 0.1) is 0 Å². The molecule has 1 heterocycles. The molecule has 0 unspecified atom stereocenters. The number of alkyl halides is 2. The van der Waals surface area contributed by atoms with Crippen LogP contribution in [0.5, 0.6) is 0 Å². The molecule has 1 aromatic rings. The van der Waals surface area contributed by atoms with Gasteiger partial charge in [0.2, 0.25) is 0 Å². The molecule has 0 saturated carbocycles. The van der Waals surface area contributed by atoms with E-state index < -0.39 is 12.3 Å². The molecule has 0 radical (unpaired) electrons. The van der Waals surface area contributed by atoms with Crippen LogP contribution in [-0.2, 0) is 0 Å². The van der Waals surface area contributed by atoms with Crippen molar-refractivity contribution in [2.45, 2.75) is 6.43 Å². The summed E-state index contributed by atoms with van der Waals surface area (Å²) in [6.45, 7) is 0. The third-order valence-corrected chi connectivity index (χ3v) is 1.49. The zero-order valence-corrected chi connectivity index (χ0v) is 6.92. The highest BCUT2D eigenvalue weighted by atomic mass is 19.3. The lowest BCUT2D eigenvalue weighted by molar-refractivity contribution is 0.0962. The van der Waals surface area contributed by atoms with Gasteiger partial charge in [-0.1, -0.05) is 0 Å². The summed E-state index contributed by atoms with van der Waals surface area (Å²) in [7, 11) is 1.44. The predicted molar refractivity (Wildman–Crippen MR) is 42.6 cm³/mol. The number of pyridine rings is 1. The van der Waals surface area contributed by atoms with E-state index in [0.717, 1.165) is 6.07 Å². The Balaban J connectivity index is 2.98. The van der Waals surface area contributed by atoms with Crippen LogP contribution in [0, 0.1) is 0 Å². The first-order valence-electron chi connectivity index (χ1n) is 3.61. The fraction of sp³-hybridized carbons (Fsp3) is 0.250. The summed E-state index contributed by atoms with van der Waals surface area (Å²) in [5.41, 5.74) is -0.200. The molecule has 70 valence electrons. The van der Waals surface area contributed by atoms with Gasteiger partial charge >= 0.3 is 0 Å². The van der Waals surface area contributed by atoms with Gasteiger partial charge in [0.15, 0.2) is 0 Å². The van der Waals surface area contributed by atoms with Crippen LogP contribution in [-0.4, -0.2) is 17.9 Å². The molecule has 5 heteroatoms. The first-order chi connectivity index (χ1) is 6.15. The molecule has 0 aliphatic carbocycles. The van der Waals surface area contributed by atoms with Crippen molar-refractivity contribution in [3.05, 3.63) is 29.6 Å². The zero-order valence-electron chi connectivity index (χ0n) is 6.92. The van der Waals surface area contributed by atoms with Crippen molar-refractivity contribution in [1.82, 2.24) is 10.3 Å². The van der Waals surface area contributed by atoms with E-state index in [1.807, 2.05) is 0 Å². The fourth-order valence-corrected chi connectivity index (χ4v) is 0.853. The van der Waals surface area contributed by atoms with Gasteiger partial charge in [-0.2, -0.15) is 0 Å². The SMILES string of the molecule is CNC(=O)c1ccnc(C(F)F)c1. The van der Waals surface area contributed by atoms with E-state index in [1.165, 1.54) is 19.3 Å². The van der Waals surface area contributed by atoms with Crippen molar-refractivity contribution < 1.29 is 13.6 Å². The maximum absolute atomic E-state index is 12.1. The second kappa shape index (κ2) is 3.93. The molecule has 1 amide bonds. The van der Waals surface area contributed by atoms with Crippen molar-refractivity contribution in [1.29, 1.82) is 0 Å². The summed E-state index contributed by atoms with van der Waals surface area (Å²) in [6, 6.07) is 2.45. The highest BCUT2D eigenvalue weighted by Gasteiger charge is 2.11. The van der Waals surface area contributed by atoms with E-state index in [1.54, 1.807) is 0 Å². The van der Waals surface area contributed by atoms with Crippen molar-refractivity contribution in [2.75, 3.05) is 7.05 Å². The van der Waals surface area contributed by atoms with E-state index >= 15 is 0 Å². The van der Waals surface area contributed by atoms with Gasteiger partial charge in [0, 0.05) is 18.8 Å². The van der Waals surface area contributed by atoms with Crippen LogP contribution in [0.4, 0.5) is 8.78 Å². The minimum absolute atomic E-state index is 0.188. The van der Waals surface area contributed by atoms with Gasteiger partial charge < -0.3 is 5.32 Å². The molecular formula is C8H8F2N2O. The average Bonchev–Trinajstić information content (AvgIpc) is 2.17. The van der Waals surface area contributed by atoms with Gasteiger partial charge in [-0.3, -0.25) is 9.78 Å². The average molecular weight is 186 g/mol. The maximum Gasteiger partial charge on any atom is 0.280 e. The summed E-state index contributed by atoms with van der Waals surface area (Å²) >= 11 is 0. The Bertz CT molecular complexity index is 315. The Hall–Kier alpha value is -1.52. The van der Waals surface area contributed by atoms with E-state index in [-0.39, 0.29) is 11.3 Å². The molecule has 0 aliphatic heterocycles. The normalized spacial score (nSPS) is 10.2. The molecule has 0 bridgehead atoms. The molecular weight excluding hydrogens is 178 g/mol. The molecule has 0 aliphatic rings. The van der Waals surface area contributed by atoms with Gasteiger partial charge in [-0.15, -0.1) is 0 Å². The first-order valence-corrected chi connectivity index (χ1v) is 3.61. The molecule has 0 aromatic carbocycles. The van der Waals surface area contributed by atoms with Gasteiger partial charge in [0.25, 0.3) is 12.3 Å². The number of carbonyl (C=O) groups is 1. The lowest BCUT2D eigenvalue weighted by Gasteiger charge is -2.01. The Labute approximate surface area is 73.8 Å². The Morgan fingerprint density at radius 2 is 2.31 bits per heavy atom. The largest absolute Gasteiger partial charge is 0.355 e. The Morgan fingerprint density at radius 1 is 1.62 bits per heavy atom. The summed E-state index contributed by atoms with van der Waals surface area (Å²) in [5, 5.41) is 2.34. The number of aromatic nitrogens is 1. The van der Waals surface area contributed by atoms with Crippen LogP contribution >= 0.6 is 0 Å². The van der Waals surface area contributed by atoms with Crippen LogP contribution in [0.25, 0.3) is 0 Å². The van der Waals surface area contributed by atoms with Crippen molar-refractivity contribution in [3.63, 3.8) is 0 Å². The molecule has 1 rings (SSSR count). The van der Waals surface area contributed by atoms with Gasteiger partial charge in [-0.05, 0) is 12.1 Å². The monoisotopic (exact) mass is 186 g/mol. The molecule has 3 nitrogen and oxygen atoms in total. The van der Waals surface area contributed by atoms with Crippen LogP contribution in [0.15, 0.2) is 18.3 Å². The van der Waals surface area contributed by atoms with Gasteiger partial charge in [0.1, 0.15) is 5.69 Å². The lowest BCUT2D eigenvalue weighted by atomic mass is 10.2. The topological polar surface area (TPSA) is 42.0 Å². The quantitative estimate of drug-likeness (QED) is 0.758. The van der Waals surface area contributed by atoms with E-state index in [4.69, 9.17) is 0 Å². The molecule has 0 saturated heterocycles. The molecule has 1 aromatic heterocycles. The summed E-state index contributed by atoms with van der Waals surface area (Å²) in [6.07, 6.45) is -1.46. The highest BCUT2D eigenvalue weighted by Crippen LogP contribution is 2.16. The third kappa shape index (κ3) is 2.21. The van der Waals surface area contributed by atoms with Crippen molar-refractivity contribution in [2.24, 2.45) is 0 Å². The number of hydrogen-bond acceptors (Lipinski definition) is 2. The molecule has 0 spiro atoms. The van der Waals surface area contributed by atoms with E-state index in [9.17, 15) is 13.6 Å². The van der Waals surface area contributed by atoms with Crippen LogP contribution in [0.2, 0.25) is 0 Å². The van der Waals surface area contributed by atoms with Crippen LogP contribution in [0.1, 0.15) is 22.5 Å². The summed E-state index contributed by atoms with van der Waals surface area (Å²) in [5.74, 6) is -0.399. The number of halogens is 2. The fourth-order valence-electron chi connectivity index (χ4n) is 0.853. The molecule has 0 fully saturated rings. The third-order valence-electron chi connectivity index (χ3n) is 1.49. The second-order valence-corrected chi connectivity index (χ2v) is 2.35. The summed E-state index contributed by atoms with van der Waals surface area (Å²) in [4.78, 5) is 14.4. The molecule has 13 heavy (non-hydrogen) atoms. The number of nitrogens with zero attached hydrogens (tertiary/aromatic N) is 1. The van der Waals surface area contributed by atoms with Crippen molar-refractivity contribution in [3.8, 4) is 0 Å². The summed E-state index contributed by atoms with van der Waals surface area (Å²) < 4.78 is 24.2. The number of nitrogens with one attached hydrogen (secondary N) is 1. The van der Waals surface area contributed by atoms with E-state index in [0.29, 0.717) is 0 Å². The number of amides is 1. The maximum atomic E-state index is 12.1. The van der Waals surface area contributed by atoms with Crippen molar-refractivity contribution >= 4 is 5.91 Å². The molecule has 0 atom stereocenters. The minimum Gasteiger partial charge on any atom is -0.355 e. The number of hydrogen-bond donors (Lipinski definition) is 1. The number of rotatable bonds is 2. The highest BCUT2D eigenvalue weighted by molar-refractivity contribution is 5.93. The Kier molecular flexibility index (Phi) is 2.89. The lowest BCUT2D eigenvalue weighted by Crippen LogP contribution is -2.18. The van der Waals surface area contributed by atoms with E-state index in [2.05, 4.69) is 10.3 Å². The minimum atomic E-state index is -2.65. The smallest absolute Gasteiger partial charge is 0.280 e. The standard InChI is InChI=1S/C8H8F2N2O/c1-11-8(13)5-2-3-12-6(4-5)7(9)10/h2-4,7H,1H3,(H,11,13). The first kappa shape index (κ1) is 9.57. The van der Waals surface area contributed by atoms with Gasteiger partial charge in [-0.25, -0.2) is 8.78 Å². The Morgan fingerprint density at radius 3 is 2.85 bits per heavy atom. The van der Waals surface area contributed by atoms with Crippen LogP contribution in [0.3, 0.4) is 0 Å². The second-order valence-electron chi connectivity index (χ2n) is 2.35. The molecule has 1 N–H and O–H groups in total. The number of carbonyl (C=O) groups excluding carboxylic acids is 1. The van der Waals surface area contributed by atoms with Crippen LogP contribution < -0.4 is 5.32 Å². The zero-order chi connectivity index (χ0) is 9.84.